The molecule has 0 amide bonds. The minimum atomic E-state index is -0.350. The summed E-state index contributed by atoms with van der Waals surface area (Å²) in [6.07, 6.45) is 0. The molecule has 4 rings (SSSR count). The number of aromatic nitrogens is 2. The van der Waals surface area contributed by atoms with Crippen molar-refractivity contribution in [3.05, 3.63) is 91.0 Å². The maximum Gasteiger partial charge on any atom is 1.00 e. The topological polar surface area (TPSA) is 65.3 Å². The third kappa shape index (κ3) is 6.80. The first-order chi connectivity index (χ1) is 15.6. The summed E-state index contributed by atoms with van der Waals surface area (Å²) >= 11 is 10.0. The Bertz CT molecular complexity index is 1230. The number of hydrazone groups is 1. The van der Waals surface area contributed by atoms with E-state index in [4.69, 9.17) is 17.2 Å². The van der Waals surface area contributed by atoms with E-state index in [1.54, 1.807) is 0 Å². The van der Waals surface area contributed by atoms with Gasteiger partial charge in [0.15, 0.2) is 9.48 Å². The number of benzene rings is 3. The zero-order valence-corrected chi connectivity index (χ0v) is 23.5. The summed E-state index contributed by atoms with van der Waals surface area (Å²) in [4.78, 5) is 4.97. The van der Waals surface area contributed by atoms with E-state index >= 15 is 0 Å². The Hall–Kier alpha value is -1.43. The summed E-state index contributed by atoms with van der Waals surface area (Å²) in [5.41, 5.74) is 7.24. The monoisotopic (exact) mass is 514 g/mol. The van der Waals surface area contributed by atoms with Gasteiger partial charge in [-0.05, 0) is 18.0 Å². The summed E-state index contributed by atoms with van der Waals surface area (Å²) in [7, 11) is 0. The Balaban J connectivity index is 0.00000306. The molecule has 0 aliphatic heterocycles. The minimum absolute atomic E-state index is 0. The molecule has 0 saturated carbocycles. The molecule has 0 aliphatic rings. The van der Waals surface area contributed by atoms with Gasteiger partial charge in [0, 0.05) is 22.6 Å². The van der Waals surface area contributed by atoms with Crippen LogP contribution in [-0.2, 0) is 0 Å². The van der Waals surface area contributed by atoms with Gasteiger partial charge >= 0.3 is 51.4 Å². The van der Waals surface area contributed by atoms with Gasteiger partial charge in [-0.15, -0.1) is 12.6 Å². The fourth-order valence-electron chi connectivity index (χ4n) is 3.24. The van der Waals surface area contributed by atoms with Crippen LogP contribution in [-0.4, -0.2) is 25.5 Å². The molecule has 0 bridgehead atoms. The van der Waals surface area contributed by atoms with Crippen LogP contribution in [0.3, 0.4) is 0 Å². The van der Waals surface area contributed by atoms with E-state index in [2.05, 4.69) is 39.9 Å². The summed E-state index contributed by atoms with van der Waals surface area (Å²) in [6, 6.07) is 30.2. The Morgan fingerprint density at radius 2 is 1.48 bits per heavy atom. The smallest absolute Gasteiger partial charge is 0.860 e. The van der Waals surface area contributed by atoms with Crippen LogP contribution in [0.4, 0.5) is 0 Å². The normalized spacial score (nSPS) is 11.0. The summed E-state index contributed by atoms with van der Waals surface area (Å²) in [5.74, 6) is -0.244. The molecular formula is C24H19KN4OS3. The molecule has 0 atom stereocenters. The van der Waals surface area contributed by atoms with Crippen molar-refractivity contribution in [1.82, 2.24) is 15.0 Å². The predicted octanol–water partition coefficient (Wildman–Crippen LogP) is 1.78. The maximum atomic E-state index is 12.2. The molecule has 0 aliphatic carbocycles. The first-order valence-electron chi connectivity index (χ1n) is 9.78. The molecule has 0 radical (unpaired) electrons. The van der Waals surface area contributed by atoms with Crippen molar-refractivity contribution < 1.29 is 56.5 Å². The molecular weight excluding hydrogens is 496 g/mol. The van der Waals surface area contributed by atoms with Crippen molar-refractivity contribution in [1.29, 1.82) is 0 Å². The number of rotatable bonds is 7. The average Bonchev–Trinajstić information content (AvgIpc) is 3.22. The molecule has 0 saturated heterocycles. The SMILES string of the molecule is [K+].[O-]C(CSc1nc(-c2ccccc2)c(-c2ccccc2)n1-c1ccccc1)=NNC(=S)S. The van der Waals surface area contributed by atoms with Crippen molar-refractivity contribution in [2.24, 2.45) is 5.10 Å². The van der Waals surface area contributed by atoms with Gasteiger partial charge in [0.1, 0.15) is 0 Å². The number of imidazole rings is 1. The molecule has 1 heterocycles. The standard InChI is InChI=1S/C24H20N4OS3.K/c29-20(26-27-24(30)31)16-32-23-25-21(17-10-4-1-5-11-17)22(18-12-6-2-7-13-18)28(23)19-14-8-3-9-15-19;/h1-15H,16H2,(H,26,29)(H2,27,30,31);/q;+1/p-1. The van der Waals surface area contributed by atoms with E-state index in [1.165, 1.54) is 11.8 Å². The van der Waals surface area contributed by atoms with Gasteiger partial charge in [-0.1, -0.05) is 103 Å². The number of hydrogen-bond acceptors (Lipinski definition) is 5. The van der Waals surface area contributed by atoms with Crippen LogP contribution in [0.2, 0.25) is 0 Å². The quantitative estimate of drug-likeness (QED) is 0.0749. The molecule has 9 heteroatoms. The van der Waals surface area contributed by atoms with E-state index in [0.717, 1.165) is 28.2 Å². The van der Waals surface area contributed by atoms with Gasteiger partial charge in [0.25, 0.3) is 0 Å². The van der Waals surface area contributed by atoms with E-state index in [9.17, 15) is 5.11 Å². The first kappa shape index (κ1) is 26.2. The van der Waals surface area contributed by atoms with E-state index in [-0.39, 0.29) is 67.4 Å². The maximum absolute atomic E-state index is 12.2. The summed E-state index contributed by atoms with van der Waals surface area (Å²) in [5, 5.41) is 16.6. The Labute approximate surface area is 250 Å². The van der Waals surface area contributed by atoms with Crippen molar-refractivity contribution >= 4 is 46.8 Å². The van der Waals surface area contributed by atoms with E-state index in [1.807, 2.05) is 78.9 Å². The molecule has 3 aromatic carbocycles. The van der Waals surface area contributed by atoms with Crippen LogP contribution >= 0.6 is 36.6 Å². The van der Waals surface area contributed by atoms with Gasteiger partial charge < -0.3 is 5.11 Å². The second kappa shape index (κ2) is 12.9. The van der Waals surface area contributed by atoms with E-state index < -0.39 is 0 Å². The molecule has 1 N–H and O–H groups in total. The zero-order chi connectivity index (χ0) is 22.3. The number of nitrogens with one attached hydrogen (secondary N) is 1. The Kier molecular flexibility index (Phi) is 10.2. The average molecular weight is 515 g/mol. The number of hydrogen-bond donors (Lipinski definition) is 2. The Morgan fingerprint density at radius 1 is 0.939 bits per heavy atom. The van der Waals surface area contributed by atoms with Crippen LogP contribution in [0.5, 0.6) is 0 Å². The van der Waals surface area contributed by atoms with Crippen molar-refractivity contribution in [3.63, 3.8) is 0 Å². The fourth-order valence-corrected chi connectivity index (χ4v) is 4.14. The fraction of sp³-hybridized carbons (Fsp3) is 0.0417. The molecule has 160 valence electrons. The van der Waals surface area contributed by atoms with Crippen LogP contribution in [0.1, 0.15) is 0 Å². The van der Waals surface area contributed by atoms with Gasteiger partial charge in [-0.25, -0.2) is 4.98 Å². The van der Waals surface area contributed by atoms with Crippen LogP contribution in [0.25, 0.3) is 28.2 Å². The van der Waals surface area contributed by atoms with Crippen LogP contribution < -0.4 is 61.9 Å². The van der Waals surface area contributed by atoms with Gasteiger partial charge in [0.05, 0.1) is 11.4 Å². The van der Waals surface area contributed by atoms with Gasteiger partial charge in [-0.3, -0.25) is 9.99 Å². The largest absolute Gasteiger partial charge is 1.00 e. The predicted molar refractivity (Wildman–Crippen MR) is 137 cm³/mol. The third-order valence-electron chi connectivity index (χ3n) is 4.56. The number of thiol groups is 1. The molecule has 33 heavy (non-hydrogen) atoms. The third-order valence-corrected chi connectivity index (χ3v) is 5.67. The molecule has 0 spiro atoms. The molecule has 5 nitrogen and oxygen atoms in total. The molecule has 0 unspecified atom stereocenters. The zero-order valence-electron chi connectivity index (χ0n) is 17.9. The van der Waals surface area contributed by atoms with Gasteiger partial charge in [0.2, 0.25) is 0 Å². The number of nitrogens with zero attached hydrogens (tertiary/aromatic N) is 3. The first-order valence-corrected chi connectivity index (χ1v) is 11.6. The van der Waals surface area contributed by atoms with Crippen molar-refractivity contribution in [3.8, 4) is 28.2 Å². The minimum Gasteiger partial charge on any atom is -0.860 e. The molecule has 4 aromatic rings. The van der Waals surface area contributed by atoms with Crippen molar-refractivity contribution in [2.75, 3.05) is 5.75 Å². The molecule has 1 aromatic heterocycles. The van der Waals surface area contributed by atoms with Gasteiger partial charge in [-0.2, -0.15) is 5.10 Å². The number of thioether (sulfide) groups is 1. The summed E-state index contributed by atoms with van der Waals surface area (Å²) < 4.78 is 2.23. The van der Waals surface area contributed by atoms with Crippen LogP contribution in [0.15, 0.2) is 101 Å². The van der Waals surface area contributed by atoms with Crippen LogP contribution in [0, 0.1) is 0 Å². The second-order valence-electron chi connectivity index (χ2n) is 6.71. The summed E-state index contributed by atoms with van der Waals surface area (Å²) in [6.45, 7) is 0. The molecule has 0 fully saturated rings. The van der Waals surface area contributed by atoms with Crippen molar-refractivity contribution in [2.45, 2.75) is 5.16 Å². The number of thiocarbonyl (C=S) groups is 1. The number of para-hydroxylation sites is 1. The second-order valence-corrected chi connectivity index (χ2v) is 8.81. The van der Waals surface area contributed by atoms with E-state index in [0.29, 0.717) is 5.16 Å². The Morgan fingerprint density at radius 3 is 2.06 bits per heavy atom.